The van der Waals surface area contributed by atoms with Gasteiger partial charge in [-0.25, -0.2) is 0 Å². The number of hydrogen-bond donors (Lipinski definition) is 2. The van der Waals surface area contributed by atoms with Gasteiger partial charge in [-0.3, -0.25) is 9.59 Å². The van der Waals surface area contributed by atoms with Gasteiger partial charge in [-0.2, -0.15) is 24.9 Å². The molecule has 0 bridgehead atoms. The summed E-state index contributed by atoms with van der Waals surface area (Å²) in [4.78, 5) is 22.8. The number of alkyl halides is 3. The van der Waals surface area contributed by atoms with Crippen LogP contribution in [0.5, 0.6) is 0 Å². The van der Waals surface area contributed by atoms with Gasteiger partial charge in [0.25, 0.3) is 0 Å². The summed E-state index contributed by atoms with van der Waals surface area (Å²) in [6.07, 6.45) is 1.37. The predicted molar refractivity (Wildman–Crippen MR) is 135 cm³/mol. The molecule has 0 aliphatic rings. The number of aryl methyl sites for hydroxylation is 1. The van der Waals surface area contributed by atoms with E-state index >= 15 is 0 Å². The lowest BCUT2D eigenvalue weighted by atomic mass is 9.97. The maximum atomic E-state index is 12.8. The lowest BCUT2D eigenvalue weighted by Crippen LogP contribution is -2.08. The third-order valence-corrected chi connectivity index (χ3v) is 7.76. The Morgan fingerprint density at radius 1 is 0.857 bits per heavy atom. The van der Waals surface area contributed by atoms with E-state index in [1.165, 1.54) is 35.7 Å². The van der Waals surface area contributed by atoms with Crippen LogP contribution in [0.1, 0.15) is 66.9 Å². The molecule has 0 spiro atoms. The Kier molecular flexibility index (Phi) is 12.5. The monoisotopic (exact) mass is 528 g/mol. The van der Waals surface area contributed by atoms with Gasteiger partial charge >= 0.3 is 18.1 Å². The van der Waals surface area contributed by atoms with Gasteiger partial charge in [0.1, 0.15) is 0 Å². The Hall–Kier alpha value is -2.13. The molecule has 2 aromatic rings. The quantitative estimate of drug-likeness (QED) is 0.172. The number of carboxylic acid groups (broad SMARTS) is 2. The lowest BCUT2D eigenvalue weighted by molar-refractivity contribution is -0.138. The van der Waals surface area contributed by atoms with Gasteiger partial charge in [0.2, 0.25) is 0 Å². The van der Waals surface area contributed by atoms with Crippen molar-refractivity contribution in [3.8, 4) is 0 Å². The molecule has 0 saturated heterocycles. The standard InChI is InChI=1S/C26H31F3O4S2/c27-26(28,29)20-11-8-12-21(17-20)34-15-7-3-1-2-4-9-19-10-5-6-13-22(19)23(18-25(32)33)35-16-14-24(30)31/h5-6,8,10-13,17,23H,1-4,7,9,14-16,18H2,(H,30,31)(H,32,33). The van der Waals surface area contributed by atoms with Gasteiger partial charge < -0.3 is 10.2 Å². The molecule has 0 aliphatic heterocycles. The van der Waals surface area contributed by atoms with E-state index in [9.17, 15) is 27.9 Å². The number of carboxylic acids is 2. The highest BCUT2D eigenvalue weighted by Gasteiger charge is 2.30. The predicted octanol–water partition coefficient (Wildman–Crippen LogP) is 7.71. The van der Waals surface area contributed by atoms with Crippen LogP contribution < -0.4 is 0 Å². The molecule has 0 radical (unpaired) electrons. The summed E-state index contributed by atoms with van der Waals surface area (Å²) in [5, 5.41) is 17.9. The summed E-state index contributed by atoms with van der Waals surface area (Å²) in [6, 6.07) is 13.2. The molecule has 2 rings (SSSR count). The van der Waals surface area contributed by atoms with E-state index in [0.29, 0.717) is 10.6 Å². The van der Waals surface area contributed by atoms with E-state index in [0.717, 1.165) is 61.5 Å². The van der Waals surface area contributed by atoms with Gasteiger partial charge in [-0.05, 0) is 54.3 Å². The van der Waals surface area contributed by atoms with Crippen molar-refractivity contribution in [1.29, 1.82) is 0 Å². The summed E-state index contributed by atoms with van der Waals surface area (Å²) in [5.41, 5.74) is 1.44. The minimum atomic E-state index is -4.32. The Morgan fingerprint density at radius 2 is 1.57 bits per heavy atom. The van der Waals surface area contributed by atoms with Crippen LogP contribution in [0.3, 0.4) is 0 Å². The smallest absolute Gasteiger partial charge is 0.416 e. The number of benzene rings is 2. The zero-order valence-electron chi connectivity index (χ0n) is 19.4. The molecule has 0 fully saturated rings. The zero-order valence-corrected chi connectivity index (χ0v) is 21.1. The fraction of sp³-hybridized carbons (Fsp3) is 0.462. The van der Waals surface area contributed by atoms with Crippen molar-refractivity contribution in [3.05, 3.63) is 65.2 Å². The number of unbranched alkanes of at least 4 members (excludes halogenated alkanes) is 4. The van der Waals surface area contributed by atoms with Crippen molar-refractivity contribution < 1.29 is 33.0 Å². The highest BCUT2D eigenvalue weighted by molar-refractivity contribution is 7.99. The van der Waals surface area contributed by atoms with Gasteiger partial charge in [-0.15, -0.1) is 11.8 Å². The van der Waals surface area contributed by atoms with Crippen molar-refractivity contribution in [3.63, 3.8) is 0 Å². The SMILES string of the molecule is O=C(O)CCSC(CC(=O)O)c1ccccc1CCCCCCCSc1cccc(C(F)(F)F)c1. The lowest BCUT2D eigenvalue weighted by Gasteiger charge is -2.18. The second-order valence-electron chi connectivity index (χ2n) is 8.19. The van der Waals surface area contributed by atoms with E-state index in [4.69, 9.17) is 5.11 Å². The molecule has 0 heterocycles. The zero-order chi connectivity index (χ0) is 25.7. The molecule has 192 valence electrons. The van der Waals surface area contributed by atoms with Crippen LogP contribution in [-0.2, 0) is 22.2 Å². The second-order valence-corrected chi connectivity index (χ2v) is 10.7. The maximum Gasteiger partial charge on any atom is 0.416 e. The van der Waals surface area contributed by atoms with Crippen molar-refractivity contribution in [2.75, 3.05) is 11.5 Å². The fourth-order valence-electron chi connectivity index (χ4n) is 3.68. The number of rotatable bonds is 16. The van der Waals surface area contributed by atoms with Crippen molar-refractivity contribution >= 4 is 35.5 Å². The third kappa shape index (κ3) is 11.4. The van der Waals surface area contributed by atoms with Crippen molar-refractivity contribution in [2.45, 2.75) is 67.7 Å². The average molecular weight is 529 g/mol. The number of thioether (sulfide) groups is 2. The molecule has 1 atom stereocenters. The van der Waals surface area contributed by atoms with E-state index in [1.807, 2.05) is 24.3 Å². The first-order valence-corrected chi connectivity index (χ1v) is 13.6. The molecule has 2 N–H and O–H groups in total. The molecule has 1 unspecified atom stereocenters. The molecular formula is C26H31F3O4S2. The molecular weight excluding hydrogens is 497 g/mol. The molecule has 9 heteroatoms. The fourth-order valence-corrected chi connectivity index (χ4v) is 5.90. The van der Waals surface area contributed by atoms with E-state index in [2.05, 4.69) is 0 Å². The Morgan fingerprint density at radius 3 is 2.29 bits per heavy atom. The molecule has 0 aliphatic carbocycles. The van der Waals surface area contributed by atoms with Gasteiger partial charge in [0, 0.05) is 15.9 Å². The summed E-state index contributed by atoms with van der Waals surface area (Å²) < 4.78 is 38.4. The normalized spacial score (nSPS) is 12.4. The average Bonchev–Trinajstić information content (AvgIpc) is 2.79. The van der Waals surface area contributed by atoms with Crippen LogP contribution in [0.25, 0.3) is 0 Å². The molecule has 4 nitrogen and oxygen atoms in total. The van der Waals surface area contributed by atoms with Crippen LogP contribution in [-0.4, -0.2) is 33.7 Å². The van der Waals surface area contributed by atoms with Crippen LogP contribution >= 0.6 is 23.5 Å². The van der Waals surface area contributed by atoms with Gasteiger partial charge in [0.05, 0.1) is 18.4 Å². The minimum absolute atomic E-state index is 0.00496. The van der Waals surface area contributed by atoms with Crippen molar-refractivity contribution in [2.24, 2.45) is 0 Å². The van der Waals surface area contributed by atoms with Gasteiger partial charge in [-0.1, -0.05) is 49.6 Å². The Bertz CT molecular complexity index is 950. The van der Waals surface area contributed by atoms with E-state index in [-0.39, 0.29) is 18.1 Å². The number of aliphatic carboxylic acids is 2. The Balaban J connectivity index is 1.74. The van der Waals surface area contributed by atoms with Crippen molar-refractivity contribution in [1.82, 2.24) is 0 Å². The number of hydrogen-bond acceptors (Lipinski definition) is 4. The molecule has 35 heavy (non-hydrogen) atoms. The van der Waals surface area contributed by atoms with E-state index in [1.54, 1.807) is 6.07 Å². The third-order valence-electron chi connectivity index (χ3n) is 5.42. The maximum absolute atomic E-state index is 12.8. The number of halogens is 3. The first kappa shape index (κ1) is 29.1. The highest BCUT2D eigenvalue weighted by atomic mass is 32.2. The minimum Gasteiger partial charge on any atom is -0.481 e. The van der Waals surface area contributed by atoms with Gasteiger partial charge in [0.15, 0.2) is 0 Å². The largest absolute Gasteiger partial charge is 0.481 e. The molecule has 0 aromatic heterocycles. The summed E-state index contributed by atoms with van der Waals surface area (Å²) >= 11 is 2.81. The highest BCUT2D eigenvalue weighted by Crippen LogP contribution is 2.35. The van der Waals surface area contributed by atoms with Crippen LogP contribution in [0, 0.1) is 0 Å². The summed E-state index contributed by atoms with van der Waals surface area (Å²) in [5.74, 6) is -0.668. The van der Waals surface area contributed by atoms with Crippen LogP contribution in [0.15, 0.2) is 53.4 Å². The molecule has 0 saturated carbocycles. The first-order valence-electron chi connectivity index (χ1n) is 11.6. The topological polar surface area (TPSA) is 74.6 Å². The van der Waals surface area contributed by atoms with Crippen LogP contribution in [0.4, 0.5) is 13.2 Å². The molecule has 2 aromatic carbocycles. The van der Waals surface area contributed by atoms with E-state index < -0.39 is 23.7 Å². The summed E-state index contributed by atoms with van der Waals surface area (Å²) in [7, 11) is 0. The number of carbonyl (C=O) groups is 2. The van der Waals surface area contributed by atoms with Crippen LogP contribution in [0.2, 0.25) is 0 Å². The summed E-state index contributed by atoms with van der Waals surface area (Å²) in [6.45, 7) is 0. The molecule has 0 amide bonds. The first-order chi connectivity index (χ1) is 16.7. The Labute approximate surface area is 212 Å². The second kappa shape index (κ2) is 15.1.